The van der Waals surface area contributed by atoms with Crippen molar-refractivity contribution >= 4 is 54.2 Å². The highest BCUT2D eigenvalue weighted by Crippen LogP contribution is 2.31. The largest absolute Gasteiger partial charge is 0.298 e. The van der Waals surface area contributed by atoms with Gasteiger partial charge in [0.15, 0.2) is 5.13 Å². The number of hydrogen-bond acceptors (Lipinski definition) is 5. The summed E-state index contributed by atoms with van der Waals surface area (Å²) in [5, 5.41) is 3.89. The van der Waals surface area contributed by atoms with Gasteiger partial charge in [-0.2, -0.15) is 4.31 Å². The van der Waals surface area contributed by atoms with E-state index in [1.807, 2.05) is 19.1 Å². The zero-order valence-corrected chi connectivity index (χ0v) is 19.9. The summed E-state index contributed by atoms with van der Waals surface area (Å²) >= 11 is 7.44. The number of thiazole rings is 1. The number of anilines is 1. The van der Waals surface area contributed by atoms with Crippen LogP contribution in [-0.4, -0.2) is 36.7 Å². The number of aryl methyl sites for hydroxylation is 1. The summed E-state index contributed by atoms with van der Waals surface area (Å²) in [7, 11) is -3.58. The average Bonchev–Trinajstić information content (AvgIpc) is 3.10. The first-order valence-corrected chi connectivity index (χ1v) is 12.7. The van der Waals surface area contributed by atoms with Gasteiger partial charge in [0, 0.05) is 23.7 Å². The Labute approximate surface area is 191 Å². The standard InChI is InChI=1S/C22H24ClN3O3S2/c1-13-8-14(2)12-26(11-13)31(28,29)18-6-4-16(5-7-18)21(27)25-22-24-20-15(3)9-17(23)10-19(20)30-22/h4-7,9-10,13-14H,8,11-12H2,1-3H3,(H,24,25,27). The number of amides is 1. The summed E-state index contributed by atoms with van der Waals surface area (Å²) in [6.45, 7) is 7.11. The minimum atomic E-state index is -3.58. The second kappa shape index (κ2) is 8.50. The molecule has 1 amide bonds. The van der Waals surface area contributed by atoms with Crippen LogP contribution in [0.15, 0.2) is 41.3 Å². The maximum absolute atomic E-state index is 13.0. The SMILES string of the molecule is Cc1cc(Cl)cc2sc(NC(=O)c3ccc(S(=O)(=O)N4CC(C)CC(C)C4)cc3)nc12. The van der Waals surface area contributed by atoms with E-state index >= 15 is 0 Å². The third kappa shape index (κ3) is 4.62. The van der Waals surface area contributed by atoms with Crippen molar-refractivity contribution in [1.82, 2.24) is 9.29 Å². The highest BCUT2D eigenvalue weighted by atomic mass is 35.5. The van der Waals surface area contributed by atoms with Gasteiger partial charge in [0.1, 0.15) is 0 Å². The van der Waals surface area contributed by atoms with Crippen molar-refractivity contribution in [3.63, 3.8) is 0 Å². The molecule has 0 radical (unpaired) electrons. The monoisotopic (exact) mass is 477 g/mol. The average molecular weight is 478 g/mol. The van der Waals surface area contributed by atoms with Crippen LogP contribution in [0.3, 0.4) is 0 Å². The van der Waals surface area contributed by atoms with E-state index < -0.39 is 10.0 Å². The summed E-state index contributed by atoms with van der Waals surface area (Å²) < 4.78 is 28.5. The zero-order chi connectivity index (χ0) is 22.3. The molecule has 2 heterocycles. The van der Waals surface area contributed by atoms with Crippen LogP contribution >= 0.6 is 22.9 Å². The number of carbonyl (C=O) groups excluding carboxylic acids is 1. The molecule has 1 aliphatic heterocycles. The molecular weight excluding hydrogens is 454 g/mol. The summed E-state index contributed by atoms with van der Waals surface area (Å²) in [6.07, 6.45) is 1.03. The van der Waals surface area contributed by atoms with Crippen LogP contribution in [-0.2, 0) is 10.0 Å². The molecule has 6 nitrogen and oxygen atoms in total. The molecule has 1 aromatic heterocycles. The van der Waals surface area contributed by atoms with Crippen molar-refractivity contribution in [2.75, 3.05) is 18.4 Å². The van der Waals surface area contributed by atoms with Crippen LogP contribution in [0.25, 0.3) is 10.2 Å². The fourth-order valence-corrected chi connectivity index (χ4v) is 7.10. The number of sulfonamides is 1. The zero-order valence-electron chi connectivity index (χ0n) is 17.6. The van der Waals surface area contributed by atoms with E-state index in [1.165, 1.54) is 35.6 Å². The van der Waals surface area contributed by atoms with Gasteiger partial charge in [-0.1, -0.05) is 36.8 Å². The summed E-state index contributed by atoms with van der Waals surface area (Å²) in [5.74, 6) is 0.318. The number of carbonyl (C=O) groups is 1. The lowest BCUT2D eigenvalue weighted by Crippen LogP contribution is -2.42. The Bertz CT molecular complexity index is 1230. The van der Waals surface area contributed by atoms with Crippen LogP contribution in [0.5, 0.6) is 0 Å². The fourth-order valence-electron chi connectivity index (χ4n) is 4.11. The number of nitrogens with one attached hydrogen (secondary N) is 1. The van der Waals surface area contributed by atoms with E-state index in [1.54, 1.807) is 4.31 Å². The van der Waals surface area contributed by atoms with Gasteiger partial charge in [0.25, 0.3) is 5.91 Å². The first-order chi connectivity index (χ1) is 14.6. The Kier molecular flexibility index (Phi) is 6.09. The van der Waals surface area contributed by atoms with Crippen molar-refractivity contribution in [3.8, 4) is 0 Å². The minimum Gasteiger partial charge on any atom is -0.298 e. The van der Waals surface area contributed by atoms with Gasteiger partial charge in [0.05, 0.1) is 15.1 Å². The lowest BCUT2D eigenvalue weighted by molar-refractivity contribution is 0.102. The van der Waals surface area contributed by atoms with E-state index in [-0.39, 0.29) is 10.8 Å². The van der Waals surface area contributed by atoms with Gasteiger partial charge in [-0.05, 0) is 67.1 Å². The topological polar surface area (TPSA) is 79.4 Å². The molecule has 1 N–H and O–H groups in total. The number of halogens is 1. The number of hydrogen-bond donors (Lipinski definition) is 1. The second-order valence-electron chi connectivity index (χ2n) is 8.34. The van der Waals surface area contributed by atoms with Crippen LogP contribution in [0.2, 0.25) is 5.02 Å². The molecule has 2 unspecified atom stereocenters. The molecule has 9 heteroatoms. The summed E-state index contributed by atoms with van der Waals surface area (Å²) in [5.41, 5.74) is 2.11. The number of nitrogens with zero attached hydrogens (tertiary/aromatic N) is 2. The Morgan fingerprint density at radius 1 is 1.16 bits per heavy atom. The van der Waals surface area contributed by atoms with E-state index in [2.05, 4.69) is 24.1 Å². The molecule has 1 aliphatic rings. The quantitative estimate of drug-likeness (QED) is 0.561. The molecule has 0 saturated carbocycles. The van der Waals surface area contributed by atoms with Crippen LogP contribution in [0.4, 0.5) is 5.13 Å². The van der Waals surface area contributed by atoms with Crippen LogP contribution in [0, 0.1) is 18.8 Å². The summed E-state index contributed by atoms with van der Waals surface area (Å²) in [6, 6.07) is 9.72. The number of benzene rings is 2. The van der Waals surface area contributed by atoms with Gasteiger partial charge in [-0.25, -0.2) is 13.4 Å². The van der Waals surface area contributed by atoms with Crippen molar-refractivity contribution in [2.45, 2.75) is 32.1 Å². The molecule has 2 aromatic carbocycles. The van der Waals surface area contributed by atoms with Crippen LogP contribution < -0.4 is 5.32 Å². The lowest BCUT2D eigenvalue weighted by atomic mass is 9.94. The molecular formula is C22H24ClN3O3S2. The van der Waals surface area contributed by atoms with Gasteiger partial charge in [-0.15, -0.1) is 0 Å². The number of aromatic nitrogens is 1. The highest BCUT2D eigenvalue weighted by molar-refractivity contribution is 7.89. The normalized spacial score (nSPS) is 20.1. The van der Waals surface area contributed by atoms with E-state index in [4.69, 9.17) is 11.6 Å². The smallest absolute Gasteiger partial charge is 0.257 e. The van der Waals surface area contributed by atoms with Gasteiger partial charge >= 0.3 is 0 Å². The number of fused-ring (bicyclic) bond motifs is 1. The Morgan fingerprint density at radius 2 is 1.81 bits per heavy atom. The molecule has 0 spiro atoms. The Balaban J connectivity index is 1.51. The molecule has 1 saturated heterocycles. The van der Waals surface area contributed by atoms with Crippen molar-refractivity contribution in [2.24, 2.45) is 11.8 Å². The maximum atomic E-state index is 13.0. The third-order valence-corrected chi connectivity index (χ3v) is 8.44. The first-order valence-electron chi connectivity index (χ1n) is 10.1. The van der Waals surface area contributed by atoms with Crippen molar-refractivity contribution in [3.05, 3.63) is 52.5 Å². The Morgan fingerprint density at radius 3 is 2.45 bits per heavy atom. The molecule has 2 atom stereocenters. The molecule has 0 aliphatic carbocycles. The maximum Gasteiger partial charge on any atom is 0.257 e. The van der Waals surface area contributed by atoms with Gasteiger partial charge < -0.3 is 0 Å². The fraction of sp³-hybridized carbons (Fsp3) is 0.364. The van der Waals surface area contributed by atoms with E-state index in [9.17, 15) is 13.2 Å². The molecule has 4 rings (SSSR count). The van der Waals surface area contributed by atoms with Crippen molar-refractivity contribution < 1.29 is 13.2 Å². The predicted molar refractivity (Wildman–Crippen MR) is 125 cm³/mol. The third-order valence-electron chi connectivity index (χ3n) is 5.46. The van der Waals surface area contributed by atoms with Gasteiger partial charge in [-0.3, -0.25) is 10.1 Å². The van der Waals surface area contributed by atoms with E-state index in [0.717, 1.165) is 22.2 Å². The molecule has 31 heavy (non-hydrogen) atoms. The highest BCUT2D eigenvalue weighted by Gasteiger charge is 2.31. The molecule has 0 bridgehead atoms. The Hall–Kier alpha value is -2.00. The number of piperidine rings is 1. The van der Waals surface area contributed by atoms with E-state index in [0.29, 0.717) is 40.6 Å². The first kappa shape index (κ1) is 22.2. The molecule has 1 fully saturated rings. The van der Waals surface area contributed by atoms with Crippen molar-refractivity contribution in [1.29, 1.82) is 0 Å². The predicted octanol–water partition coefficient (Wildman–Crippen LogP) is 5.18. The molecule has 3 aromatic rings. The number of rotatable bonds is 4. The minimum absolute atomic E-state index is 0.204. The molecule has 164 valence electrons. The van der Waals surface area contributed by atoms with Gasteiger partial charge in [0.2, 0.25) is 10.0 Å². The second-order valence-corrected chi connectivity index (χ2v) is 11.7. The lowest BCUT2D eigenvalue weighted by Gasteiger charge is -2.34. The van der Waals surface area contributed by atoms with Crippen LogP contribution in [0.1, 0.15) is 36.2 Å². The summed E-state index contributed by atoms with van der Waals surface area (Å²) in [4.78, 5) is 17.3.